The number of rotatable bonds is 2. The van der Waals surface area contributed by atoms with Gasteiger partial charge < -0.3 is 15.5 Å². The van der Waals surface area contributed by atoms with Crippen LogP contribution >= 0.6 is 0 Å². The number of aryl methyl sites for hydroxylation is 3. The third-order valence-electron chi connectivity index (χ3n) is 2.67. The lowest BCUT2D eigenvalue weighted by molar-refractivity contribution is 0.102. The average molecular weight is 245 g/mol. The molecule has 0 saturated heterocycles. The number of nitrogens with zero attached hydrogens (tertiary/aromatic N) is 1. The summed E-state index contributed by atoms with van der Waals surface area (Å²) in [7, 11) is 0. The smallest absolute Gasteiger partial charge is 0.292 e. The van der Waals surface area contributed by atoms with Gasteiger partial charge in [0.1, 0.15) is 6.26 Å². The van der Waals surface area contributed by atoms with E-state index in [-0.39, 0.29) is 17.6 Å². The van der Waals surface area contributed by atoms with Crippen LogP contribution in [0.15, 0.2) is 22.8 Å². The second-order valence-corrected chi connectivity index (χ2v) is 4.30. The van der Waals surface area contributed by atoms with Crippen LogP contribution in [0.1, 0.15) is 27.2 Å². The molecule has 0 saturated carbocycles. The first-order valence-electron chi connectivity index (χ1n) is 5.57. The summed E-state index contributed by atoms with van der Waals surface area (Å²) in [5, 5.41) is 2.82. The molecule has 5 nitrogen and oxygen atoms in total. The molecule has 0 aliphatic heterocycles. The molecule has 2 aromatic rings. The molecule has 0 radical (unpaired) electrons. The normalized spacial score (nSPS) is 10.4. The Balaban J connectivity index is 2.27. The summed E-state index contributed by atoms with van der Waals surface area (Å²) in [6, 6.07) is 4.01. The Hall–Kier alpha value is -2.30. The highest BCUT2D eigenvalue weighted by Crippen LogP contribution is 2.22. The number of anilines is 2. The van der Waals surface area contributed by atoms with Gasteiger partial charge in [-0.3, -0.25) is 4.79 Å². The van der Waals surface area contributed by atoms with E-state index in [0.29, 0.717) is 0 Å². The Labute approximate surface area is 105 Å². The molecule has 0 fully saturated rings. The molecule has 5 heteroatoms. The summed E-state index contributed by atoms with van der Waals surface area (Å²) >= 11 is 0. The second-order valence-electron chi connectivity index (χ2n) is 4.30. The number of nitrogen functional groups attached to an aromatic ring is 1. The molecule has 1 aromatic heterocycles. The Morgan fingerprint density at radius 3 is 2.39 bits per heavy atom. The van der Waals surface area contributed by atoms with Crippen LogP contribution in [0.2, 0.25) is 0 Å². The van der Waals surface area contributed by atoms with Gasteiger partial charge in [-0.25, -0.2) is 0 Å². The molecule has 0 aliphatic carbocycles. The van der Waals surface area contributed by atoms with Crippen LogP contribution in [0.4, 0.5) is 11.7 Å². The molecule has 0 atom stereocenters. The van der Waals surface area contributed by atoms with Crippen LogP contribution in [0.25, 0.3) is 0 Å². The van der Waals surface area contributed by atoms with Gasteiger partial charge >= 0.3 is 0 Å². The van der Waals surface area contributed by atoms with Gasteiger partial charge in [0.2, 0.25) is 0 Å². The van der Waals surface area contributed by atoms with Crippen LogP contribution in [0.3, 0.4) is 0 Å². The van der Waals surface area contributed by atoms with E-state index in [1.807, 2.05) is 32.9 Å². The highest BCUT2D eigenvalue weighted by atomic mass is 16.4. The van der Waals surface area contributed by atoms with Crippen molar-refractivity contribution in [2.75, 3.05) is 11.1 Å². The van der Waals surface area contributed by atoms with Gasteiger partial charge in [-0.15, -0.1) is 0 Å². The fraction of sp³-hybridized carbons (Fsp3) is 0.231. The molecule has 0 bridgehead atoms. The molecular weight excluding hydrogens is 230 g/mol. The van der Waals surface area contributed by atoms with Gasteiger partial charge in [0.25, 0.3) is 11.9 Å². The van der Waals surface area contributed by atoms with Crippen LogP contribution < -0.4 is 11.1 Å². The zero-order valence-corrected chi connectivity index (χ0v) is 10.6. The number of nitrogens with two attached hydrogens (primary N) is 1. The summed E-state index contributed by atoms with van der Waals surface area (Å²) in [5.74, 6) is -0.328. The number of nitrogens with one attached hydrogen (secondary N) is 1. The Bertz CT molecular complexity index is 579. The molecule has 1 aromatic carbocycles. The van der Waals surface area contributed by atoms with E-state index >= 15 is 0 Å². The molecule has 1 amide bonds. The Morgan fingerprint density at radius 2 is 1.89 bits per heavy atom. The van der Waals surface area contributed by atoms with E-state index in [2.05, 4.69) is 10.3 Å². The lowest BCUT2D eigenvalue weighted by Gasteiger charge is -2.11. The van der Waals surface area contributed by atoms with Crippen molar-refractivity contribution < 1.29 is 9.21 Å². The first-order valence-corrected chi connectivity index (χ1v) is 5.57. The zero-order chi connectivity index (χ0) is 13.3. The molecule has 1 heterocycles. The number of carbonyl (C=O) groups excluding carboxylic acids is 1. The monoisotopic (exact) mass is 245 g/mol. The predicted octanol–water partition coefficient (Wildman–Crippen LogP) is 2.43. The summed E-state index contributed by atoms with van der Waals surface area (Å²) in [6.45, 7) is 5.92. The van der Waals surface area contributed by atoms with Crippen molar-refractivity contribution in [1.82, 2.24) is 4.98 Å². The van der Waals surface area contributed by atoms with Crippen molar-refractivity contribution in [2.45, 2.75) is 20.8 Å². The fourth-order valence-electron chi connectivity index (χ4n) is 1.95. The van der Waals surface area contributed by atoms with Crippen molar-refractivity contribution in [3.8, 4) is 0 Å². The van der Waals surface area contributed by atoms with Crippen molar-refractivity contribution in [1.29, 1.82) is 0 Å². The highest BCUT2D eigenvalue weighted by Gasteiger charge is 2.13. The maximum atomic E-state index is 11.9. The molecular formula is C13H15N3O2. The minimum absolute atomic E-state index is 0.0162. The molecule has 0 unspecified atom stereocenters. The first-order chi connectivity index (χ1) is 8.47. The molecule has 94 valence electrons. The van der Waals surface area contributed by atoms with Gasteiger partial charge in [0, 0.05) is 5.69 Å². The number of amides is 1. The van der Waals surface area contributed by atoms with Crippen molar-refractivity contribution in [3.63, 3.8) is 0 Å². The summed E-state index contributed by atoms with van der Waals surface area (Å²) in [5.41, 5.74) is 9.49. The van der Waals surface area contributed by atoms with Crippen LogP contribution in [-0.2, 0) is 0 Å². The van der Waals surface area contributed by atoms with Crippen molar-refractivity contribution >= 4 is 17.6 Å². The number of hydrogen-bond donors (Lipinski definition) is 2. The third kappa shape index (κ3) is 2.34. The van der Waals surface area contributed by atoms with Gasteiger partial charge in [0.15, 0.2) is 5.69 Å². The lowest BCUT2D eigenvalue weighted by Crippen LogP contribution is -2.14. The van der Waals surface area contributed by atoms with E-state index < -0.39 is 0 Å². The van der Waals surface area contributed by atoms with Crippen LogP contribution in [-0.4, -0.2) is 10.9 Å². The predicted molar refractivity (Wildman–Crippen MR) is 69.5 cm³/mol. The van der Waals surface area contributed by atoms with Crippen molar-refractivity contribution in [2.24, 2.45) is 0 Å². The number of oxazole rings is 1. The second kappa shape index (κ2) is 4.52. The van der Waals surface area contributed by atoms with Gasteiger partial charge in [-0.1, -0.05) is 17.7 Å². The summed E-state index contributed by atoms with van der Waals surface area (Å²) in [4.78, 5) is 15.7. The zero-order valence-electron chi connectivity index (χ0n) is 10.6. The average Bonchev–Trinajstić information content (AvgIpc) is 2.70. The minimum atomic E-state index is -0.328. The number of aromatic nitrogens is 1. The lowest BCUT2D eigenvalue weighted by atomic mass is 10.1. The minimum Gasteiger partial charge on any atom is -0.431 e. The molecule has 0 aliphatic rings. The molecule has 2 rings (SSSR count). The quantitative estimate of drug-likeness (QED) is 0.851. The topological polar surface area (TPSA) is 81.2 Å². The van der Waals surface area contributed by atoms with E-state index in [0.717, 1.165) is 22.4 Å². The first kappa shape index (κ1) is 12.2. The largest absolute Gasteiger partial charge is 0.431 e. The van der Waals surface area contributed by atoms with Crippen molar-refractivity contribution in [3.05, 3.63) is 40.8 Å². The van der Waals surface area contributed by atoms with Crippen LogP contribution in [0.5, 0.6) is 0 Å². The van der Waals surface area contributed by atoms with Gasteiger partial charge in [0.05, 0.1) is 0 Å². The Morgan fingerprint density at radius 1 is 1.28 bits per heavy atom. The summed E-state index contributed by atoms with van der Waals surface area (Å²) < 4.78 is 4.81. The number of hydrogen-bond acceptors (Lipinski definition) is 4. The fourth-order valence-corrected chi connectivity index (χ4v) is 1.95. The van der Waals surface area contributed by atoms with Gasteiger partial charge in [-0.2, -0.15) is 4.98 Å². The maximum Gasteiger partial charge on any atom is 0.292 e. The standard InChI is InChI=1S/C13H15N3O2/c1-7-4-8(2)11(9(3)5-7)16-12(17)10-6-18-13(14)15-10/h4-6H,1-3H3,(H2,14,15)(H,16,17). The molecule has 18 heavy (non-hydrogen) atoms. The van der Waals surface area contributed by atoms with Gasteiger partial charge in [-0.05, 0) is 31.9 Å². The molecule has 3 N–H and O–H groups in total. The maximum absolute atomic E-state index is 11.9. The summed E-state index contributed by atoms with van der Waals surface area (Å²) in [6.07, 6.45) is 1.24. The third-order valence-corrected chi connectivity index (χ3v) is 2.67. The van der Waals surface area contributed by atoms with E-state index in [1.54, 1.807) is 0 Å². The van der Waals surface area contributed by atoms with Crippen LogP contribution in [0, 0.1) is 20.8 Å². The highest BCUT2D eigenvalue weighted by molar-refractivity contribution is 6.03. The van der Waals surface area contributed by atoms with E-state index in [4.69, 9.17) is 10.2 Å². The SMILES string of the molecule is Cc1cc(C)c(NC(=O)c2coc(N)n2)c(C)c1. The Kier molecular flexibility index (Phi) is 3.06. The number of carbonyl (C=O) groups is 1. The number of benzene rings is 1. The van der Waals surface area contributed by atoms with E-state index in [9.17, 15) is 4.79 Å². The molecule has 0 spiro atoms. The van der Waals surface area contributed by atoms with E-state index in [1.165, 1.54) is 6.26 Å².